The van der Waals surface area contributed by atoms with Crippen LogP contribution < -0.4 is 10.6 Å². The van der Waals surface area contributed by atoms with Crippen LogP contribution in [0.4, 0.5) is 8.78 Å². The number of aromatic nitrogens is 2. The Balaban J connectivity index is 1.85. The van der Waals surface area contributed by atoms with Crippen LogP contribution in [0.3, 0.4) is 0 Å². The number of carbonyl (C=O) groups excluding carboxylic acids is 2. The minimum Gasteiger partial charge on any atom is -0.357 e. The molecular formula is C23H37F2N5O2. The summed E-state index contributed by atoms with van der Waals surface area (Å²) < 4.78 is 29.6. The molecule has 1 aromatic rings. The fourth-order valence-corrected chi connectivity index (χ4v) is 4.75. The predicted octanol–water partition coefficient (Wildman–Crippen LogP) is 2.83. The molecule has 0 bridgehead atoms. The summed E-state index contributed by atoms with van der Waals surface area (Å²) in [4.78, 5) is 32.3. The Kier molecular flexibility index (Phi) is 7.27. The van der Waals surface area contributed by atoms with Crippen LogP contribution in [-0.4, -0.2) is 58.9 Å². The van der Waals surface area contributed by atoms with Gasteiger partial charge in [0.2, 0.25) is 17.7 Å². The monoisotopic (exact) mass is 453 g/mol. The number of hydrogen-bond donors (Lipinski definition) is 2. The number of halogens is 2. The highest BCUT2D eigenvalue weighted by atomic mass is 19.3. The van der Waals surface area contributed by atoms with Crippen LogP contribution in [0.5, 0.6) is 0 Å². The second-order valence-electron chi connectivity index (χ2n) is 10.4. The van der Waals surface area contributed by atoms with Gasteiger partial charge in [-0.25, -0.2) is 13.8 Å². The lowest BCUT2D eigenvalue weighted by Gasteiger charge is -2.29. The maximum atomic E-state index is 13.7. The molecule has 2 aliphatic rings. The van der Waals surface area contributed by atoms with E-state index in [1.165, 1.54) is 0 Å². The maximum absolute atomic E-state index is 13.7. The number of nitrogens with zero attached hydrogens (tertiary/aromatic N) is 3. The summed E-state index contributed by atoms with van der Waals surface area (Å²) in [6.45, 7) is 8.08. The van der Waals surface area contributed by atoms with Crippen molar-refractivity contribution in [1.29, 1.82) is 0 Å². The number of rotatable bonds is 5. The topological polar surface area (TPSA) is 79.3 Å². The van der Waals surface area contributed by atoms with E-state index in [1.807, 2.05) is 27.8 Å². The molecule has 0 saturated heterocycles. The van der Waals surface area contributed by atoms with Crippen LogP contribution in [0.15, 0.2) is 0 Å². The lowest BCUT2D eigenvalue weighted by molar-refractivity contribution is -0.131. The summed E-state index contributed by atoms with van der Waals surface area (Å²) in [5.74, 6) is -2.26. The molecule has 1 fully saturated rings. The van der Waals surface area contributed by atoms with Crippen molar-refractivity contribution in [2.24, 2.45) is 5.41 Å². The lowest BCUT2D eigenvalue weighted by atomic mass is 9.86. The van der Waals surface area contributed by atoms with Crippen LogP contribution in [-0.2, 0) is 29.1 Å². The van der Waals surface area contributed by atoms with E-state index >= 15 is 0 Å². The minimum atomic E-state index is -2.59. The van der Waals surface area contributed by atoms with Gasteiger partial charge in [-0.15, -0.1) is 0 Å². The number of amides is 2. The number of imidazole rings is 1. The van der Waals surface area contributed by atoms with Crippen LogP contribution >= 0.6 is 0 Å². The summed E-state index contributed by atoms with van der Waals surface area (Å²) >= 11 is 0. The molecule has 2 amide bonds. The maximum Gasteiger partial charge on any atom is 0.248 e. The van der Waals surface area contributed by atoms with Crippen molar-refractivity contribution in [3.05, 3.63) is 17.2 Å². The Morgan fingerprint density at radius 2 is 1.88 bits per heavy atom. The molecule has 0 unspecified atom stereocenters. The zero-order chi connectivity index (χ0) is 23.7. The van der Waals surface area contributed by atoms with Crippen molar-refractivity contribution in [2.75, 3.05) is 20.6 Å². The van der Waals surface area contributed by atoms with Gasteiger partial charge in [0.1, 0.15) is 11.9 Å². The number of alkyl halides is 2. The van der Waals surface area contributed by atoms with Gasteiger partial charge in [-0.3, -0.25) is 9.59 Å². The molecule has 2 N–H and O–H groups in total. The SMILES string of the molecule is CNC(=O)[C@@H](NC(=O)Cc1nc(C2CCC(F)(F)CC2)n2c1CN(C)CCC2)C(C)(C)C. The van der Waals surface area contributed by atoms with E-state index in [0.717, 1.165) is 31.0 Å². The zero-order valence-corrected chi connectivity index (χ0v) is 19.9. The van der Waals surface area contributed by atoms with E-state index in [4.69, 9.17) is 4.98 Å². The quantitative estimate of drug-likeness (QED) is 0.719. The first-order valence-electron chi connectivity index (χ1n) is 11.6. The second-order valence-corrected chi connectivity index (χ2v) is 10.4. The molecule has 1 atom stereocenters. The zero-order valence-electron chi connectivity index (χ0n) is 19.9. The summed E-state index contributed by atoms with van der Waals surface area (Å²) in [7, 11) is 3.59. The van der Waals surface area contributed by atoms with Gasteiger partial charge in [-0.1, -0.05) is 20.8 Å². The van der Waals surface area contributed by atoms with Crippen molar-refractivity contribution >= 4 is 11.8 Å². The Hall–Kier alpha value is -2.03. The van der Waals surface area contributed by atoms with Crippen LogP contribution in [0.2, 0.25) is 0 Å². The van der Waals surface area contributed by atoms with E-state index < -0.39 is 17.4 Å². The summed E-state index contributed by atoms with van der Waals surface area (Å²) in [6.07, 6.45) is 1.60. The van der Waals surface area contributed by atoms with Crippen molar-refractivity contribution in [2.45, 2.75) is 90.3 Å². The van der Waals surface area contributed by atoms with Gasteiger partial charge in [-0.2, -0.15) is 0 Å². The molecule has 2 heterocycles. The molecule has 32 heavy (non-hydrogen) atoms. The second kappa shape index (κ2) is 9.45. The van der Waals surface area contributed by atoms with Crippen LogP contribution in [0.1, 0.15) is 76.0 Å². The highest BCUT2D eigenvalue weighted by molar-refractivity contribution is 5.88. The molecule has 180 valence electrons. The van der Waals surface area contributed by atoms with Crippen LogP contribution in [0.25, 0.3) is 0 Å². The number of hydrogen-bond acceptors (Lipinski definition) is 4. The molecule has 0 radical (unpaired) electrons. The minimum absolute atomic E-state index is 0.0122. The number of likely N-dealkylation sites (N-methyl/N-ethyl adjacent to an activating group) is 1. The highest BCUT2D eigenvalue weighted by Gasteiger charge is 2.38. The van der Waals surface area contributed by atoms with Gasteiger partial charge in [0, 0.05) is 38.9 Å². The van der Waals surface area contributed by atoms with Gasteiger partial charge in [0.25, 0.3) is 0 Å². The first-order chi connectivity index (χ1) is 14.9. The molecule has 3 rings (SSSR count). The number of fused-ring (bicyclic) bond motifs is 1. The van der Waals surface area contributed by atoms with Gasteiger partial charge >= 0.3 is 0 Å². The van der Waals surface area contributed by atoms with E-state index in [0.29, 0.717) is 25.1 Å². The standard InChI is InChI=1S/C23H37F2N5O2/c1-22(2,3)19(21(32)26-4)28-18(31)13-16-17-14-29(5)11-6-12-30(17)20(27-16)15-7-9-23(24,25)10-8-15/h15,19H,6-14H2,1-5H3,(H,26,32)(H,28,31)/t19-/m1/s1. The van der Waals surface area contributed by atoms with Crippen molar-refractivity contribution < 1.29 is 18.4 Å². The van der Waals surface area contributed by atoms with E-state index in [2.05, 4.69) is 20.1 Å². The Morgan fingerprint density at radius 1 is 1.22 bits per heavy atom. The summed E-state index contributed by atoms with van der Waals surface area (Å²) in [6, 6.07) is -0.663. The van der Waals surface area contributed by atoms with Crippen molar-refractivity contribution in [3.63, 3.8) is 0 Å². The fourth-order valence-electron chi connectivity index (χ4n) is 4.75. The number of carbonyl (C=O) groups is 2. The Bertz CT molecular complexity index is 836. The number of nitrogens with one attached hydrogen (secondary N) is 2. The average molecular weight is 454 g/mol. The average Bonchev–Trinajstić information content (AvgIpc) is 2.89. The first-order valence-corrected chi connectivity index (χ1v) is 11.6. The summed E-state index contributed by atoms with van der Waals surface area (Å²) in [5, 5.41) is 5.49. The van der Waals surface area contributed by atoms with Gasteiger partial charge < -0.3 is 20.1 Å². The Morgan fingerprint density at radius 3 is 2.47 bits per heavy atom. The third kappa shape index (κ3) is 5.66. The molecule has 1 aromatic heterocycles. The first kappa shape index (κ1) is 24.6. The van der Waals surface area contributed by atoms with Gasteiger partial charge in [-0.05, 0) is 38.3 Å². The lowest BCUT2D eigenvalue weighted by Crippen LogP contribution is -2.53. The normalized spacial score (nSPS) is 20.8. The fraction of sp³-hybridized carbons (Fsp3) is 0.783. The molecule has 9 heteroatoms. The molecule has 1 aliphatic carbocycles. The highest BCUT2D eigenvalue weighted by Crippen LogP contribution is 2.41. The smallest absolute Gasteiger partial charge is 0.248 e. The molecule has 1 saturated carbocycles. The molecule has 7 nitrogen and oxygen atoms in total. The molecule has 0 aromatic carbocycles. The van der Waals surface area contributed by atoms with Crippen molar-refractivity contribution in [1.82, 2.24) is 25.1 Å². The third-order valence-electron chi connectivity index (χ3n) is 6.62. The van der Waals surface area contributed by atoms with Crippen LogP contribution in [0, 0.1) is 5.41 Å². The Labute approximate surface area is 189 Å². The molecule has 1 aliphatic heterocycles. The molecule has 0 spiro atoms. The van der Waals surface area contributed by atoms with E-state index in [1.54, 1.807) is 7.05 Å². The van der Waals surface area contributed by atoms with E-state index in [9.17, 15) is 18.4 Å². The summed E-state index contributed by atoms with van der Waals surface area (Å²) in [5.41, 5.74) is 1.23. The van der Waals surface area contributed by atoms with E-state index in [-0.39, 0.29) is 37.0 Å². The third-order valence-corrected chi connectivity index (χ3v) is 6.62. The predicted molar refractivity (Wildman–Crippen MR) is 118 cm³/mol. The van der Waals surface area contributed by atoms with Gasteiger partial charge in [0.05, 0.1) is 17.8 Å². The van der Waals surface area contributed by atoms with Crippen molar-refractivity contribution in [3.8, 4) is 0 Å². The van der Waals surface area contributed by atoms with Gasteiger partial charge in [0.15, 0.2) is 0 Å². The largest absolute Gasteiger partial charge is 0.357 e. The molecular weight excluding hydrogens is 416 g/mol.